The minimum absolute atomic E-state index is 0.0398. The van der Waals surface area contributed by atoms with Crippen LogP contribution in [0.5, 0.6) is 0 Å². The first-order valence-corrected chi connectivity index (χ1v) is 7.32. The monoisotopic (exact) mass is 370 g/mol. The van der Waals surface area contributed by atoms with Crippen LogP contribution in [0.3, 0.4) is 0 Å². The minimum atomic E-state index is -0.306. The maximum atomic E-state index is 13.3. The predicted molar refractivity (Wildman–Crippen MR) is 79.5 cm³/mol. The van der Waals surface area contributed by atoms with Crippen molar-refractivity contribution in [2.45, 2.75) is 11.3 Å². The quantitative estimate of drug-likeness (QED) is 0.619. The molecule has 1 aromatic rings. The van der Waals surface area contributed by atoms with Crippen LogP contribution in [-0.2, 0) is 0 Å². The van der Waals surface area contributed by atoms with Crippen molar-refractivity contribution in [3.63, 3.8) is 0 Å². The standard InChI is InChI=1S/C14H8FIOS/c15-9-1-3-11-12(17)6-8-5-10(16)2-4-13(8)18-14(11)7-9/h1-4,6-7H,5H2. The van der Waals surface area contributed by atoms with E-state index >= 15 is 0 Å². The van der Waals surface area contributed by atoms with E-state index in [9.17, 15) is 9.18 Å². The van der Waals surface area contributed by atoms with Gasteiger partial charge >= 0.3 is 0 Å². The van der Waals surface area contributed by atoms with Crippen molar-refractivity contribution >= 4 is 40.1 Å². The number of thioether (sulfide) groups is 1. The summed E-state index contributed by atoms with van der Waals surface area (Å²) < 4.78 is 14.5. The summed E-state index contributed by atoms with van der Waals surface area (Å²) in [5.74, 6) is -0.346. The first kappa shape index (κ1) is 12.2. The lowest BCUT2D eigenvalue weighted by molar-refractivity contribution is 0.104. The summed E-state index contributed by atoms with van der Waals surface area (Å²) in [5, 5.41) is 0. The van der Waals surface area contributed by atoms with Crippen LogP contribution in [0.25, 0.3) is 0 Å². The molecule has 0 atom stereocenters. The highest BCUT2D eigenvalue weighted by Crippen LogP contribution is 2.42. The first-order chi connectivity index (χ1) is 8.63. The smallest absolute Gasteiger partial charge is 0.187 e. The molecule has 0 radical (unpaired) electrons. The summed E-state index contributed by atoms with van der Waals surface area (Å²) in [6.07, 6.45) is 6.49. The average Bonchev–Trinajstić information content (AvgIpc) is 2.44. The van der Waals surface area contributed by atoms with Gasteiger partial charge in [-0.25, -0.2) is 4.39 Å². The fraction of sp³-hybridized carbons (Fsp3) is 0.0714. The molecule has 0 saturated heterocycles. The Kier molecular flexibility index (Phi) is 3.15. The lowest BCUT2D eigenvalue weighted by Crippen LogP contribution is -1.97. The molecule has 1 aliphatic carbocycles. The second kappa shape index (κ2) is 4.66. The molecule has 0 amide bonds. The van der Waals surface area contributed by atoms with E-state index in [4.69, 9.17) is 0 Å². The Morgan fingerprint density at radius 1 is 1.28 bits per heavy atom. The Hall–Kier alpha value is -0.880. The van der Waals surface area contributed by atoms with Gasteiger partial charge in [-0.15, -0.1) is 0 Å². The van der Waals surface area contributed by atoms with Gasteiger partial charge in [-0.2, -0.15) is 0 Å². The highest BCUT2D eigenvalue weighted by Gasteiger charge is 2.21. The predicted octanol–water partition coefficient (Wildman–Crippen LogP) is 4.65. The van der Waals surface area contributed by atoms with Gasteiger partial charge < -0.3 is 0 Å². The van der Waals surface area contributed by atoms with Crippen molar-refractivity contribution in [2.75, 3.05) is 0 Å². The van der Waals surface area contributed by atoms with Crippen LogP contribution in [0.2, 0.25) is 0 Å². The van der Waals surface area contributed by atoms with Crippen molar-refractivity contribution in [1.82, 2.24) is 0 Å². The number of benzene rings is 1. The second-order valence-electron chi connectivity index (χ2n) is 4.10. The van der Waals surface area contributed by atoms with Gasteiger partial charge in [0.25, 0.3) is 0 Å². The Morgan fingerprint density at radius 3 is 2.94 bits per heavy atom. The van der Waals surface area contributed by atoms with Crippen LogP contribution in [-0.4, -0.2) is 5.78 Å². The van der Waals surface area contributed by atoms with Gasteiger partial charge in [-0.05, 0) is 62.1 Å². The van der Waals surface area contributed by atoms with Crippen molar-refractivity contribution in [3.8, 4) is 0 Å². The van der Waals surface area contributed by atoms with Crippen molar-refractivity contribution < 1.29 is 9.18 Å². The fourth-order valence-corrected chi connectivity index (χ4v) is 3.64. The number of allylic oxidation sites excluding steroid dienone is 5. The van der Waals surface area contributed by atoms with Crippen LogP contribution in [0, 0.1) is 5.82 Å². The number of carbonyl (C=O) groups excluding carboxylic acids is 1. The van der Waals surface area contributed by atoms with Crippen LogP contribution in [0.1, 0.15) is 16.8 Å². The molecular formula is C14H8FIOS. The molecule has 90 valence electrons. The Labute approximate surface area is 122 Å². The molecule has 4 heteroatoms. The van der Waals surface area contributed by atoms with Gasteiger partial charge in [-0.3, -0.25) is 4.79 Å². The third-order valence-electron chi connectivity index (χ3n) is 2.83. The Balaban J connectivity index is 2.14. The van der Waals surface area contributed by atoms with Crippen molar-refractivity contribution in [3.05, 3.63) is 61.9 Å². The van der Waals surface area contributed by atoms with E-state index in [-0.39, 0.29) is 11.6 Å². The molecule has 0 spiro atoms. The van der Waals surface area contributed by atoms with Crippen LogP contribution >= 0.6 is 34.4 Å². The van der Waals surface area contributed by atoms with E-state index in [2.05, 4.69) is 22.6 Å². The zero-order valence-corrected chi connectivity index (χ0v) is 12.2. The molecule has 0 N–H and O–H groups in total. The lowest BCUT2D eigenvalue weighted by atomic mass is 10.0. The van der Waals surface area contributed by atoms with E-state index in [1.165, 1.54) is 27.5 Å². The number of halogens is 2. The van der Waals surface area contributed by atoms with E-state index < -0.39 is 0 Å². The zero-order valence-electron chi connectivity index (χ0n) is 9.24. The molecule has 1 aliphatic heterocycles. The topological polar surface area (TPSA) is 17.1 Å². The molecular weight excluding hydrogens is 362 g/mol. The van der Waals surface area contributed by atoms with E-state index in [1.807, 2.05) is 12.2 Å². The molecule has 2 aliphatic rings. The molecule has 18 heavy (non-hydrogen) atoms. The highest BCUT2D eigenvalue weighted by atomic mass is 127. The third kappa shape index (κ3) is 2.19. The highest BCUT2D eigenvalue weighted by molar-refractivity contribution is 14.1. The molecule has 0 fully saturated rings. The number of ketones is 1. The molecule has 1 nitrogen and oxygen atoms in total. The fourth-order valence-electron chi connectivity index (χ4n) is 1.96. The molecule has 0 saturated carbocycles. The number of fused-ring (bicyclic) bond motifs is 2. The minimum Gasteiger partial charge on any atom is -0.289 e. The zero-order chi connectivity index (χ0) is 12.7. The normalized spacial score (nSPS) is 18.1. The summed E-state index contributed by atoms with van der Waals surface area (Å²) >= 11 is 3.73. The van der Waals surface area contributed by atoms with Crippen LogP contribution in [0.15, 0.2) is 55.4 Å². The molecule has 0 aromatic heterocycles. The van der Waals surface area contributed by atoms with Crippen molar-refractivity contribution in [1.29, 1.82) is 0 Å². The average molecular weight is 370 g/mol. The first-order valence-electron chi connectivity index (χ1n) is 5.42. The second-order valence-corrected chi connectivity index (χ2v) is 6.57. The maximum absolute atomic E-state index is 13.3. The number of rotatable bonds is 0. The molecule has 0 unspecified atom stereocenters. The van der Waals surface area contributed by atoms with Crippen molar-refractivity contribution in [2.24, 2.45) is 0 Å². The summed E-state index contributed by atoms with van der Waals surface area (Å²) in [6.45, 7) is 0. The van der Waals surface area contributed by atoms with Gasteiger partial charge in [0.05, 0.1) is 0 Å². The summed E-state index contributed by atoms with van der Waals surface area (Å²) in [5.41, 5.74) is 1.60. The number of carbonyl (C=O) groups is 1. The molecule has 3 rings (SSSR count). The maximum Gasteiger partial charge on any atom is 0.187 e. The molecule has 0 bridgehead atoms. The van der Waals surface area contributed by atoms with Gasteiger partial charge in [0, 0.05) is 21.8 Å². The van der Waals surface area contributed by atoms with E-state index in [1.54, 1.807) is 12.1 Å². The lowest BCUT2D eigenvalue weighted by Gasteiger charge is -2.13. The van der Waals surface area contributed by atoms with Gasteiger partial charge in [0.15, 0.2) is 5.78 Å². The SMILES string of the molecule is O=C1C=C2CC(I)=CC=C2Sc2cc(F)ccc21. The third-order valence-corrected chi connectivity index (χ3v) is 4.74. The van der Waals surface area contributed by atoms with Crippen LogP contribution in [0.4, 0.5) is 4.39 Å². The van der Waals surface area contributed by atoms with Gasteiger partial charge in [0.2, 0.25) is 0 Å². The largest absolute Gasteiger partial charge is 0.289 e. The Morgan fingerprint density at radius 2 is 2.11 bits per heavy atom. The van der Waals surface area contributed by atoms with Gasteiger partial charge in [0.1, 0.15) is 5.82 Å². The molecule has 1 heterocycles. The van der Waals surface area contributed by atoms with Gasteiger partial charge in [-0.1, -0.05) is 17.8 Å². The van der Waals surface area contributed by atoms with E-state index in [0.717, 1.165) is 16.9 Å². The van der Waals surface area contributed by atoms with E-state index in [0.29, 0.717) is 10.5 Å². The van der Waals surface area contributed by atoms with Crippen LogP contribution < -0.4 is 0 Å². The summed E-state index contributed by atoms with van der Waals surface area (Å²) in [4.78, 5) is 13.8. The number of hydrogen-bond acceptors (Lipinski definition) is 2. The Bertz CT molecular complexity index is 643. The summed E-state index contributed by atoms with van der Waals surface area (Å²) in [6, 6.07) is 4.33. The molecule has 1 aromatic carbocycles. The summed E-state index contributed by atoms with van der Waals surface area (Å²) in [7, 11) is 0. The number of hydrogen-bond donors (Lipinski definition) is 0.